The Bertz CT molecular complexity index is 998. The van der Waals surface area contributed by atoms with Crippen LogP contribution in [0.5, 0.6) is 0 Å². The predicted molar refractivity (Wildman–Crippen MR) is 117 cm³/mol. The molecule has 0 radical (unpaired) electrons. The van der Waals surface area contributed by atoms with Gasteiger partial charge in [0.25, 0.3) is 0 Å². The molecule has 2 aromatic rings. The van der Waals surface area contributed by atoms with E-state index in [0.717, 1.165) is 22.1 Å². The average Bonchev–Trinajstić information content (AvgIpc) is 3.18. The smallest absolute Gasteiger partial charge is 0.243 e. The summed E-state index contributed by atoms with van der Waals surface area (Å²) in [5, 5.41) is 3.68. The molecule has 1 aliphatic carbocycles. The summed E-state index contributed by atoms with van der Waals surface area (Å²) in [4.78, 5) is 0.387. The molecule has 148 valence electrons. The molecule has 0 saturated heterocycles. The standard InChI is InChI=1S/C22H25BrN2O2S/c1-3-25(4-2)28(26,27)17-12-13-21-20(14-17)18-6-5-7-19(18)22(24-21)15-8-10-16(23)11-9-15/h5-6,8-14,18-19,22,24H,3-4,7H2,1-2H3/t18-,19+,22+/m0/s1. The van der Waals surface area contributed by atoms with Gasteiger partial charge < -0.3 is 5.32 Å². The molecule has 3 atom stereocenters. The predicted octanol–water partition coefficient (Wildman–Crippen LogP) is 5.31. The number of halogens is 1. The largest absolute Gasteiger partial charge is 0.378 e. The number of hydrogen-bond acceptors (Lipinski definition) is 3. The van der Waals surface area contributed by atoms with Crippen molar-refractivity contribution in [1.82, 2.24) is 4.31 Å². The molecule has 0 aromatic heterocycles. The zero-order valence-electron chi connectivity index (χ0n) is 16.1. The van der Waals surface area contributed by atoms with Crippen LogP contribution in [-0.2, 0) is 10.0 Å². The Morgan fingerprint density at radius 3 is 2.50 bits per heavy atom. The second kappa shape index (κ2) is 7.65. The third kappa shape index (κ3) is 3.31. The zero-order valence-corrected chi connectivity index (χ0v) is 18.5. The van der Waals surface area contributed by atoms with Gasteiger partial charge in [-0.25, -0.2) is 8.42 Å². The second-order valence-corrected chi connectivity index (χ2v) is 10.2. The van der Waals surface area contributed by atoms with E-state index in [1.807, 2.05) is 26.0 Å². The summed E-state index contributed by atoms with van der Waals surface area (Å²) in [6, 6.07) is 14.2. The molecule has 0 saturated carbocycles. The molecule has 4 nitrogen and oxygen atoms in total. The van der Waals surface area contributed by atoms with Crippen LogP contribution in [0.4, 0.5) is 5.69 Å². The molecule has 0 bridgehead atoms. The van der Waals surface area contributed by atoms with Gasteiger partial charge in [-0.2, -0.15) is 4.31 Å². The number of rotatable bonds is 5. The van der Waals surface area contributed by atoms with Crippen molar-refractivity contribution < 1.29 is 8.42 Å². The van der Waals surface area contributed by atoms with E-state index in [1.165, 1.54) is 9.87 Å². The summed E-state index contributed by atoms with van der Waals surface area (Å²) in [5.74, 6) is 0.622. The van der Waals surface area contributed by atoms with Gasteiger partial charge in [0.05, 0.1) is 10.9 Å². The van der Waals surface area contributed by atoms with Crippen molar-refractivity contribution in [2.24, 2.45) is 5.92 Å². The van der Waals surface area contributed by atoms with E-state index in [1.54, 1.807) is 6.07 Å². The molecule has 0 amide bonds. The Labute approximate surface area is 175 Å². The van der Waals surface area contributed by atoms with Gasteiger partial charge in [0.1, 0.15) is 0 Å². The minimum atomic E-state index is -3.46. The highest BCUT2D eigenvalue weighted by Crippen LogP contribution is 2.50. The fraction of sp³-hybridized carbons (Fsp3) is 0.364. The van der Waals surface area contributed by atoms with Crippen LogP contribution in [0.3, 0.4) is 0 Å². The molecule has 0 fully saturated rings. The van der Waals surface area contributed by atoms with Crippen LogP contribution < -0.4 is 5.32 Å². The van der Waals surface area contributed by atoms with Crippen molar-refractivity contribution in [3.8, 4) is 0 Å². The Morgan fingerprint density at radius 1 is 1.11 bits per heavy atom. The van der Waals surface area contributed by atoms with Gasteiger partial charge in [-0.05, 0) is 53.8 Å². The molecule has 28 heavy (non-hydrogen) atoms. The first-order chi connectivity index (χ1) is 13.5. The topological polar surface area (TPSA) is 49.4 Å². The minimum absolute atomic E-state index is 0.214. The van der Waals surface area contributed by atoms with Crippen molar-refractivity contribution in [3.05, 3.63) is 70.2 Å². The van der Waals surface area contributed by atoms with Crippen molar-refractivity contribution in [2.45, 2.75) is 37.1 Å². The molecule has 6 heteroatoms. The lowest BCUT2D eigenvalue weighted by molar-refractivity contribution is 0.424. The van der Waals surface area contributed by atoms with Crippen molar-refractivity contribution in [1.29, 1.82) is 0 Å². The average molecular weight is 461 g/mol. The molecular formula is C22H25BrN2O2S. The first-order valence-electron chi connectivity index (χ1n) is 9.78. The number of benzene rings is 2. The molecular weight excluding hydrogens is 436 g/mol. The number of nitrogens with zero attached hydrogens (tertiary/aromatic N) is 1. The zero-order chi connectivity index (χ0) is 19.9. The van der Waals surface area contributed by atoms with Crippen molar-refractivity contribution in [3.63, 3.8) is 0 Å². The van der Waals surface area contributed by atoms with Crippen molar-refractivity contribution >= 4 is 31.6 Å². The lowest BCUT2D eigenvalue weighted by Gasteiger charge is -2.38. The van der Waals surface area contributed by atoms with Crippen LogP contribution in [0.15, 0.2) is 64.0 Å². The van der Waals surface area contributed by atoms with Crippen LogP contribution in [-0.4, -0.2) is 25.8 Å². The van der Waals surface area contributed by atoms with Gasteiger partial charge in [-0.3, -0.25) is 0 Å². The van der Waals surface area contributed by atoms with E-state index in [9.17, 15) is 8.42 Å². The number of fused-ring (bicyclic) bond motifs is 3. The van der Waals surface area contributed by atoms with Gasteiger partial charge >= 0.3 is 0 Å². The van der Waals surface area contributed by atoms with E-state index < -0.39 is 10.0 Å². The highest BCUT2D eigenvalue weighted by atomic mass is 79.9. The van der Waals surface area contributed by atoms with Gasteiger partial charge in [0.15, 0.2) is 0 Å². The normalized spacial score (nSPS) is 23.4. The van der Waals surface area contributed by atoms with Gasteiger partial charge in [-0.1, -0.05) is 54.1 Å². The summed E-state index contributed by atoms with van der Waals surface area (Å²) in [6.07, 6.45) is 5.46. The molecule has 0 unspecified atom stereocenters. The van der Waals surface area contributed by atoms with E-state index in [2.05, 4.69) is 57.7 Å². The number of hydrogen-bond donors (Lipinski definition) is 1. The highest BCUT2D eigenvalue weighted by Gasteiger charge is 2.38. The van der Waals surface area contributed by atoms with E-state index in [4.69, 9.17) is 0 Å². The van der Waals surface area contributed by atoms with Crippen LogP contribution in [0, 0.1) is 5.92 Å². The molecule has 2 aromatic carbocycles. The molecule has 1 aliphatic heterocycles. The number of anilines is 1. The fourth-order valence-corrected chi connectivity index (χ4v) is 6.20. The van der Waals surface area contributed by atoms with Crippen molar-refractivity contribution in [2.75, 3.05) is 18.4 Å². The maximum Gasteiger partial charge on any atom is 0.243 e. The van der Waals surface area contributed by atoms with Crippen LogP contribution in [0.2, 0.25) is 0 Å². The van der Waals surface area contributed by atoms with Crippen LogP contribution in [0.25, 0.3) is 0 Å². The first kappa shape index (κ1) is 19.7. The molecule has 4 rings (SSSR count). The van der Waals surface area contributed by atoms with Gasteiger partial charge in [0, 0.05) is 29.2 Å². The van der Waals surface area contributed by atoms with E-state index in [-0.39, 0.29) is 12.0 Å². The Kier molecular flexibility index (Phi) is 5.38. The summed E-state index contributed by atoms with van der Waals surface area (Å²) in [7, 11) is -3.46. The molecule has 1 heterocycles. The first-order valence-corrected chi connectivity index (χ1v) is 12.0. The summed E-state index contributed by atoms with van der Waals surface area (Å²) < 4.78 is 28.5. The van der Waals surface area contributed by atoms with Crippen LogP contribution in [0.1, 0.15) is 43.4 Å². The fourth-order valence-electron chi connectivity index (χ4n) is 4.45. The lowest BCUT2D eigenvalue weighted by Crippen LogP contribution is -2.32. The maximum absolute atomic E-state index is 13.0. The van der Waals surface area contributed by atoms with Gasteiger partial charge in [-0.15, -0.1) is 0 Å². The van der Waals surface area contributed by atoms with E-state index in [0.29, 0.717) is 23.9 Å². The highest BCUT2D eigenvalue weighted by molar-refractivity contribution is 9.10. The van der Waals surface area contributed by atoms with Crippen LogP contribution >= 0.6 is 15.9 Å². The molecule has 2 aliphatic rings. The molecule has 1 N–H and O–H groups in total. The summed E-state index contributed by atoms with van der Waals surface area (Å²) >= 11 is 3.51. The maximum atomic E-state index is 13.0. The van der Waals surface area contributed by atoms with E-state index >= 15 is 0 Å². The third-order valence-corrected chi connectivity index (χ3v) is 8.48. The number of allylic oxidation sites excluding steroid dienone is 2. The summed E-state index contributed by atoms with van der Waals surface area (Å²) in [6.45, 7) is 4.71. The van der Waals surface area contributed by atoms with Gasteiger partial charge in [0.2, 0.25) is 10.0 Å². The molecule has 0 spiro atoms. The summed E-state index contributed by atoms with van der Waals surface area (Å²) in [5.41, 5.74) is 3.37. The monoisotopic (exact) mass is 460 g/mol. The Morgan fingerprint density at radius 2 is 1.82 bits per heavy atom. The SMILES string of the molecule is CCN(CC)S(=O)(=O)c1ccc2c(c1)[C@H]1C=CC[C@H]1[C@@H](c1ccc(Br)cc1)N2. The second-order valence-electron chi connectivity index (χ2n) is 7.37. The number of nitrogens with one attached hydrogen (secondary N) is 1. The number of sulfonamides is 1. The third-order valence-electron chi connectivity index (χ3n) is 5.91. The Balaban J connectivity index is 1.74. The Hall–Kier alpha value is -1.63. The quantitative estimate of drug-likeness (QED) is 0.615. The minimum Gasteiger partial charge on any atom is -0.378 e. The lowest BCUT2D eigenvalue weighted by atomic mass is 9.77.